The first-order valence-electron chi connectivity index (χ1n) is 9.00. The zero-order chi connectivity index (χ0) is 20.5. The van der Waals surface area contributed by atoms with Crippen LogP contribution in [0.4, 0.5) is 5.69 Å². The molecule has 0 aromatic heterocycles. The van der Waals surface area contributed by atoms with E-state index in [0.29, 0.717) is 24.6 Å². The highest BCUT2D eigenvalue weighted by molar-refractivity contribution is 14.0. The number of nitrogens with one attached hydrogen (secondary N) is 3. The molecule has 0 aliphatic rings. The van der Waals surface area contributed by atoms with E-state index in [4.69, 9.17) is 0 Å². The van der Waals surface area contributed by atoms with Crippen molar-refractivity contribution in [3.05, 3.63) is 65.2 Å². The second-order valence-electron chi connectivity index (χ2n) is 6.56. The highest BCUT2D eigenvalue weighted by Crippen LogP contribution is 2.10. The van der Waals surface area contributed by atoms with E-state index >= 15 is 0 Å². The van der Waals surface area contributed by atoms with E-state index in [2.05, 4.69) is 20.9 Å². The summed E-state index contributed by atoms with van der Waals surface area (Å²) in [6.07, 6.45) is 0. The van der Waals surface area contributed by atoms with Crippen molar-refractivity contribution < 1.29 is 9.59 Å². The summed E-state index contributed by atoms with van der Waals surface area (Å²) >= 11 is 0. The van der Waals surface area contributed by atoms with Crippen molar-refractivity contribution in [2.75, 3.05) is 26.5 Å². The second kappa shape index (κ2) is 12.1. The molecule has 0 bridgehead atoms. The summed E-state index contributed by atoms with van der Waals surface area (Å²) in [5, 5.41) is 9.27. The Morgan fingerprint density at radius 1 is 0.966 bits per heavy atom. The van der Waals surface area contributed by atoms with Crippen LogP contribution in [0.15, 0.2) is 53.5 Å². The lowest BCUT2D eigenvalue weighted by molar-refractivity contribution is -0.114. The third-order valence-electron chi connectivity index (χ3n) is 4.00. The molecular weight excluding hydrogens is 481 g/mol. The number of aliphatic imine (C=N–C) groups is 1. The van der Waals surface area contributed by atoms with Crippen molar-refractivity contribution in [3.63, 3.8) is 0 Å². The van der Waals surface area contributed by atoms with E-state index in [1.54, 1.807) is 26.0 Å². The van der Waals surface area contributed by atoms with Crippen LogP contribution in [-0.4, -0.2) is 43.8 Å². The molecule has 2 aromatic carbocycles. The van der Waals surface area contributed by atoms with Crippen LogP contribution in [0.3, 0.4) is 0 Å². The molecule has 7 nitrogen and oxygen atoms in total. The lowest BCUT2D eigenvalue weighted by Crippen LogP contribution is -2.36. The molecular formula is C21H28IN5O2. The minimum atomic E-state index is -0.0964. The molecule has 0 fully saturated rings. The Bertz CT molecular complexity index is 850. The van der Waals surface area contributed by atoms with Gasteiger partial charge in [-0.2, -0.15) is 0 Å². The van der Waals surface area contributed by atoms with Gasteiger partial charge in [-0.3, -0.25) is 14.6 Å². The Labute approximate surface area is 189 Å². The lowest BCUT2D eigenvalue weighted by atomic mass is 10.1. The number of anilines is 1. The second-order valence-corrected chi connectivity index (χ2v) is 6.56. The summed E-state index contributed by atoms with van der Waals surface area (Å²) < 4.78 is 0. The zero-order valence-electron chi connectivity index (χ0n) is 17.2. The van der Waals surface area contributed by atoms with Crippen LogP contribution in [0, 0.1) is 0 Å². The molecule has 0 spiro atoms. The maximum Gasteiger partial charge on any atom is 0.253 e. The maximum atomic E-state index is 11.9. The summed E-state index contributed by atoms with van der Waals surface area (Å²) in [5.41, 5.74) is 3.50. The summed E-state index contributed by atoms with van der Waals surface area (Å²) in [4.78, 5) is 28.9. The predicted octanol–water partition coefficient (Wildman–Crippen LogP) is 2.83. The molecule has 0 aliphatic heterocycles. The number of benzene rings is 2. The Hall–Kier alpha value is -2.62. The molecule has 29 heavy (non-hydrogen) atoms. The summed E-state index contributed by atoms with van der Waals surface area (Å²) in [5.74, 6) is 0.553. The van der Waals surface area contributed by atoms with Crippen molar-refractivity contribution >= 4 is 47.4 Å². The van der Waals surface area contributed by atoms with Crippen molar-refractivity contribution in [1.82, 2.24) is 15.5 Å². The van der Waals surface area contributed by atoms with Crippen LogP contribution in [0.25, 0.3) is 0 Å². The van der Waals surface area contributed by atoms with Crippen molar-refractivity contribution in [2.24, 2.45) is 4.99 Å². The van der Waals surface area contributed by atoms with E-state index in [1.807, 2.05) is 48.5 Å². The smallest absolute Gasteiger partial charge is 0.253 e. The minimum Gasteiger partial charge on any atom is -0.352 e. The van der Waals surface area contributed by atoms with Gasteiger partial charge in [-0.15, -0.1) is 24.0 Å². The van der Waals surface area contributed by atoms with E-state index in [0.717, 1.165) is 16.8 Å². The third-order valence-corrected chi connectivity index (χ3v) is 4.00. The quantitative estimate of drug-likeness (QED) is 0.318. The van der Waals surface area contributed by atoms with Crippen LogP contribution in [0.5, 0.6) is 0 Å². The van der Waals surface area contributed by atoms with E-state index in [9.17, 15) is 9.59 Å². The van der Waals surface area contributed by atoms with Gasteiger partial charge in [0, 0.05) is 52.4 Å². The maximum absolute atomic E-state index is 11.9. The van der Waals surface area contributed by atoms with Crippen LogP contribution in [0.1, 0.15) is 28.4 Å². The van der Waals surface area contributed by atoms with E-state index in [1.165, 1.54) is 6.92 Å². The Morgan fingerprint density at radius 2 is 1.59 bits per heavy atom. The predicted molar refractivity (Wildman–Crippen MR) is 128 cm³/mol. The van der Waals surface area contributed by atoms with Crippen LogP contribution >= 0.6 is 24.0 Å². The molecule has 2 rings (SSSR count). The molecule has 2 amide bonds. The van der Waals surface area contributed by atoms with Gasteiger partial charge in [0.1, 0.15) is 0 Å². The molecule has 8 heteroatoms. The average molecular weight is 509 g/mol. The standard InChI is InChI=1S/C21H27N5O2.HI/c1-15(27)25-19-7-5-6-17(12-19)14-24-21(22-2)23-13-16-8-10-18(11-9-16)20(28)26(3)4;/h5-12H,13-14H2,1-4H3,(H,25,27)(H2,22,23,24);1H. The third kappa shape index (κ3) is 8.10. The number of rotatable bonds is 6. The molecule has 0 heterocycles. The Balaban J connectivity index is 0.00000420. The molecule has 2 aromatic rings. The van der Waals surface area contributed by atoms with Gasteiger partial charge in [-0.1, -0.05) is 24.3 Å². The minimum absolute atomic E-state index is 0. The van der Waals surface area contributed by atoms with Crippen molar-refractivity contribution in [3.8, 4) is 0 Å². The first kappa shape index (κ1) is 24.4. The monoisotopic (exact) mass is 509 g/mol. The summed E-state index contributed by atoms with van der Waals surface area (Å²) in [7, 11) is 5.18. The van der Waals surface area contributed by atoms with Crippen LogP contribution in [-0.2, 0) is 17.9 Å². The fraction of sp³-hybridized carbons (Fsp3) is 0.286. The van der Waals surface area contributed by atoms with Gasteiger partial charge in [-0.05, 0) is 35.4 Å². The van der Waals surface area contributed by atoms with Gasteiger partial charge in [-0.25, -0.2) is 0 Å². The number of hydrogen-bond donors (Lipinski definition) is 3. The number of amides is 2. The summed E-state index contributed by atoms with van der Waals surface area (Å²) in [6, 6.07) is 15.1. The number of guanidine groups is 1. The summed E-state index contributed by atoms with van der Waals surface area (Å²) in [6.45, 7) is 2.64. The SMILES string of the molecule is CN=C(NCc1ccc(C(=O)N(C)C)cc1)NCc1cccc(NC(C)=O)c1.I. The zero-order valence-corrected chi connectivity index (χ0v) is 19.5. The van der Waals surface area contributed by atoms with E-state index in [-0.39, 0.29) is 35.8 Å². The van der Waals surface area contributed by atoms with Crippen LogP contribution < -0.4 is 16.0 Å². The molecule has 0 aliphatic carbocycles. The van der Waals surface area contributed by atoms with Crippen molar-refractivity contribution in [2.45, 2.75) is 20.0 Å². The number of carbonyl (C=O) groups excluding carboxylic acids is 2. The van der Waals surface area contributed by atoms with Gasteiger partial charge in [0.25, 0.3) is 5.91 Å². The first-order valence-corrected chi connectivity index (χ1v) is 9.00. The molecule has 0 saturated heterocycles. The number of carbonyl (C=O) groups is 2. The van der Waals surface area contributed by atoms with Crippen molar-refractivity contribution in [1.29, 1.82) is 0 Å². The number of hydrogen-bond acceptors (Lipinski definition) is 3. The van der Waals surface area contributed by atoms with E-state index < -0.39 is 0 Å². The fourth-order valence-corrected chi connectivity index (χ4v) is 2.58. The molecule has 0 saturated carbocycles. The lowest BCUT2D eigenvalue weighted by Gasteiger charge is -2.13. The molecule has 0 atom stereocenters. The Morgan fingerprint density at radius 3 is 2.14 bits per heavy atom. The molecule has 3 N–H and O–H groups in total. The average Bonchev–Trinajstić information content (AvgIpc) is 2.67. The molecule has 156 valence electrons. The van der Waals surface area contributed by atoms with Gasteiger partial charge < -0.3 is 20.9 Å². The van der Waals surface area contributed by atoms with Gasteiger partial charge >= 0.3 is 0 Å². The largest absolute Gasteiger partial charge is 0.352 e. The van der Waals surface area contributed by atoms with Crippen LogP contribution in [0.2, 0.25) is 0 Å². The highest BCUT2D eigenvalue weighted by atomic mass is 127. The first-order chi connectivity index (χ1) is 13.4. The van der Waals surface area contributed by atoms with Gasteiger partial charge in [0.05, 0.1) is 0 Å². The normalized spacial score (nSPS) is 10.6. The molecule has 0 radical (unpaired) electrons. The Kier molecular flexibility index (Phi) is 10.1. The molecule has 0 unspecified atom stereocenters. The topological polar surface area (TPSA) is 85.8 Å². The number of nitrogens with zero attached hydrogens (tertiary/aromatic N) is 2. The van der Waals surface area contributed by atoms with Gasteiger partial charge in [0.2, 0.25) is 5.91 Å². The fourth-order valence-electron chi connectivity index (χ4n) is 2.58. The highest BCUT2D eigenvalue weighted by Gasteiger charge is 2.07. The van der Waals surface area contributed by atoms with Gasteiger partial charge in [0.15, 0.2) is 5.96 Å². The number of halogens is 1.